The summed E-state index contributed by atoms with van der Waals surface area (Å²) in [4.78, 5) is 18.6. The summed E-state index contributed by atoms with van der Waals surface area (Å²) in [6.45, 7) is 4.93. The second kappa shape index (κ2) is 8.82. The van der Waals surface area contributed by atoms with Gasteiger partial charge in [0, 0.05) is 49.5 Å². The van der Waals surface area contributed by atoms with Gasteiger partial charge in [0.15, 0.2) is 0 Å². The van der Waals surface area contributed by atoms with Crippen molar-refractivity contribution in [3.63, 3.8) is 0 Å². The number of benzene rings is 1. The lowest BCUT2D eigenvalue weighted by Gasteiger charge is -2.22. The van der Waals surface area contributed by atoms with Gasteiger partial charge in [0.25, 0.3) is 0 Å². The van der Waals surface area contributed by atoms with Crippen molar-refractivity contribution in [3.05, 3.63) is 52.6 Å². The first-order valence-electron chi connectivity index (χ1n) is 8.64. The van der Waals surface area contributed by atoms with Gasteiger partial charge in [-0.1, -0.05) is 18.2 Å². The normalized spacial score (nSPS) is 11.0. The van der Waals surface area contributed by atoms with Crippen LogP contribution in [-0.4, -0.2) is 47.3 Å². The van der Waals surface area contributed by atoms with Crippen LogP contribution in [0.15, 0.2) is 41.9 Å². The van der Waals surface area contributed by atoms with Crippen molar-refractivity contribution in [1.82, 2.24) is 19.8 Å². The molecule has 138 valence electrons. The number of aromatic nitrogens is 2. The number of amides is 2. The highest BCUT2D eigenvalue weighted by molar-refractivity contribution is 7.09. The lowest BCUT2D eigenvalue weighted by atomic mass is 10.2. The number of methoxy groups -OCH3 is 1. The van der Waals surface area contributed by atoms with Crippen molar-refractivity contribution in [2.45, 2.75) is 20.0 Å². The van der Waals surface area contributed by atoms with E-state index in [4.69, 9.17) is 4.74 Å². The number of carbonyl (C=O) groups is 1. The fraction of sp³-hybridized carbons (Fsp3) is 0.368. The van der Waals surface area contributed by atoms with E-state index in [9.17, 15) is 4.79 Å². The third kappa shape index (κ3) is 4.42. The predicted octanol–water partition coefficient (Wildman–Crippen LogP) is 3.26. The monoisotopic (exact) mass is 372 g/mol. The van der Waals surface area contributed by atoms with Crippen molar-refractivity contribution < 1.29 is 9.53 Å². The number of nitrogens with one attached hydrogen (secondary N) is 1. The zero-order valence-corrected chi connectivity index (χ0v) is 16.0. The Morgan fingerprint density at radius 1 is 1.38 bits per heavy atom. The molecule has 0 spiro atoms. The molecule has 2 amide bonds. The van der Waals surface area contributed by atoms with E-state index < -0.39 is 0 Å². The minimum Gasteiger partial charge on any atom is -0.383 e. The Balaban J connectivity index is 1.59. The molecule has 1 N–H and O–H groups in total. The molecule has 0 aliphatic rings. The molecule has 26 heavy (non-hydrogen) atoms. The van der Waals surface area contributed by atoms with Crippen LogP contribution in [0.4, 0.5) is 4.79 Å². The van der Waals surface area contributed by atoms with Crippen molar-refractivity contribution in [2.75, 3.05) is 26.8 Å². The topological polar surface area (TPSA) is 59.4 Å². The van der Waals surface area contributed by atoms with Crippen molar-refractivity contribution in [1.29, 1.82) is 0 Å². The first-order valence-corrected chi connectivity index (χ1v) is 9.52. The molecule has 0 unspecified atom stereocenters. The number of ether oxygens (including phenoxy) is 1. The maximum Gasteiger partial charge on any atom is 0.317 e. The standard InChI is InChI=1S/C19H24N4O2S/c1-15-13-16-5-3-4-6-17(16)23(15)9-7-21-19(24)22(10-11-25-2)14-18-20-8-12-26-18/h3-6,8,12-13H,7,9-11,14H2,1-2H3,(H,21,24). The van der Waals surface area contributed by atoms with E-state index in [1.165, 1.54) is 16.6 Å². The van der Waals surface area contributed by atoms with E-state index in [1.54, 1.807) is 29.5 Å². The summed E-state index contributed by atoms with van der Waals surface area (Å²) in [7, 11) is 1.64. The van der Waals surface area contributed by atoms with Crippen LogP contribution < -0.4 is 5.32 Å². The molecule has 2 aromatic heterocycles. The van der Waals surface area contributed by atoms with Gasteiger partial charge in [0.05, 0.1) is 13.2 Å². The molecule has 7 heteroatoms. The average molecular weight is 372 g/mol. The van der Waals surface area contributed by atoms with E-state index in [0.29, 0.717) is 26.2 Å². The van der Waals surface area contributed by atoms with Crippen LogP contribution in [0.3, 0.4) is 0 Å². The Morgan fingerprint density at radius 2 is 2.23 bits per heavy atom. The van der Waals surface area contributed by atoms with Gasteiger partial charge in [-0.3, -0.25) is 0 Å². The van der Waals surface area contributed by atoms with Crippen molar-refractivity contribution in [2.24, 2.45) is 0 Å². The summed E-state index contributed by atoms with van der Waals surface area (Å²) in [6.07, 6.45) is 1.76. The minimum absolute atomic E-state index is 0.0913. The Bertz CT molecular complexity index is 844. The molecule has 0 bridgehead atoms. The van der Waals surface area contributed by atoms with E-state index in [0.717, 1.165) is 11.6 Å². The molecule has 0 aliphatic heterocycles. The fourth-order valence-corrected chi connectivity index (χ4v) is 3.61. The quantitative estimate of drug-likeness (QED) is 0.660. The van der Waals surface area contributed by atoms with E-state index in [-0.39, 0.29) is 6.03 Å². The lowest BCUT2D eigenvalue weighted by molar-refractivity contribution is 0.146. The highest BCUT2D eigenvalue weighted by Crippen LogP contribution is 2.18. The van der Waals surface area contributed by atoms with Gasteiger partial charge in [-0.05, 0) is 24.4 Å². The lowest BCUT2D eigenvalue weighted by Crippen LogP contribution is -2.42. The number of hydrogen-bond acceptors (Lipinski definition) is 4. The van der Waals surface area contributed by atoms with Crippen LogP contribution >= 0.6 is 11.3 Å². The summed E-state index contributed by atoms with van der Waals surface area (Å²) in [5.74, 6) is 0. The molecule has 3 rings (SSSR count). The number of nitrogens with zero attached hydrogens (tertiary/aromatic N) is 3. The fourth-order valence-electron chi connectivity index (χ4n) is 2.98. The van der Waals surface area contributed by atoms with Crippen molar-refractivity contribution >= 4 is 28.3 Å². The molecule has 0 atom stereocenters. The molecule has 3 aromatic rings. The van der Waals surface area contributed by atoms with Crippen LogP contribution in [0.1, 0.15) is 10.7 Å². The Morgan fingerprint density at radius 3 is 3.00 bits per heavy atom. The maximum absolute atomic E-state index is 12.6. The molecule has 0 aliphatic carbocycles. The summed E-state index contributed by atoms with van der Waals surface area (Å²) in [6, 6.07) is 10.4. The highest BCUT2D eigenvalue weighted by atomic mass is 32.1. The Hall–Kier alpha value is -2.38. The third-order valence-electron chi connectivity index (χ3n) is 4.29. The van der Waals surface area contributed by atoms with Crippen molar-refractivity contribution in [3.8, 4) is 0 Å². The van der Waals surface area contributed by atoms with Gasteiger partial charge in [-0.25, -0.2) is 9.78 Å². The zero-order valence-electron chi connectivity index (χ0n) is 15.1. The number of fused-ring (bicyclic) bond motifs is 1. The average Bonchev–Trinajstić information content (AvgIpc) is 3.26. The summed E-state index contributed by atoms with van der Waals surface area (Å²) >= 11 is 1.55. The summed E-state index contributed by atoms with van der Waals surface area (Å²) in [5, 5.41) is 7.08. The molecule has 1 aromatic carbocycles. The van der Waals surface area contributed by atoms with Gasteiger partial charge in [0.2, 0.25) is 0 Å². The molecular weight excluding hydrogens is 348 g/mol. The first kappa shape index (κ1) is 18.4. The molecule has 0 fully saturated rings. The number of aryl methyl sites for hydroxylation is 1. The molecule has 6 nitrogen and oxygen atoms in total. The number of rotatable bonds is 8. The second-order valence-electron chi connectivity index (χ2n) is 6.07. The third-order valence-corrected chi connectivity index (χ3v) is 5.06. The van der Waals surface area contributed by atoms with Gasteiger partial charge in [-0.2, -0.15) is 0 Å². The molecule has 2 heterocycles. The summed E-state index contributed by atoms with van der Waals surface area (Å²) < 4.78 is 7.36. The number of urea groups is 1. The second-order valence-corrected chi connectivity index (χ2v) is 7.05. The van der Waals surface area contributed by atoms with Gasteiger partial charge in [-0.15, -0.1) is 11.3 Å². The molecular formula is C19H24N4O2S. The highest BCUT2D eigenvalue weighted by Gasteiger charge is 2.15. The molecule has 0 saturated carbocycles. The zero-order chi connectivity index (χ0) is 18.4. The van der Waals surface area contributed by atoms with E-state index >= 15 is 0 Å². The van der Waals surface area contributed by atoms with Crippen LogP contribution in [0.2, 0.25) is 0 Å². The number of carbonyl (C=O) groups excluding carboxylic acids is 1. The number of thiazole rings is 1. The largest absolute Gasteiger partial charge is 0.383 e. The molecule has 0 saturated heterocycles. The van der Waals surface area contributed by atoms with E-state index in [2.05, 4.69) is 40.0 Å². The van der Waals surface area contributed by atoms with Crippen LogP contribution in [0, 0.1) is 6.92 Å². The summed E-state index contributed by atoms with van der Waals surface area (Å²) in [5.41, 5.74) is 2.39. The van der Waals surface area contributed by atoms with Crippen LogP contribution in [0.25, 0.3) is 10.9 Å². The Labute approximate surface area is 157 Å². The predicted molar refractivity (Wildman–Crippen MR) is 104 cm³/mol. The maximum atomic E-state index is 12.6. The number of hydrogen-bond donors (Lipinski definition) is 1. The van der Waals surface area contributed by atoms with E-state index in [1.807, 2.05) is 17.5 Å². The van der Waals surface area contributed by atoms with Gasteiger partial charge in [0.1, 0.15) is 5.01 Å². The molecule has 0 radical (unpaired) electrons. The van der Waals surface area contributed by atoms with Crippen LogP contribution in [0.5, 0.6) is 0 Å². The van der Waals surface area contributed by atoms with Gasteiger partial charge >= 0.3 is 6.03 Å². The van der Waals surface area contributed by atoms with Crippen LogP contribution in [-0.2, 0) is 17.8 Å². The Kier molecular flexibility index (Phi) is 6.25. The minimum atomic E-state index is -0.0913. The SMILES string of the molecule is COCCN(Cc1nccs1)C(=O)NCCn1c(C)cc2ccccc21. The smallest absolute Gasteiger partial charge is 0.317 e. The van der Waals surface area contributed by atoms with Gasteiger partial charge < -0.3 is 19.5 Å². The number of para-hydroxylation sites is 1. The first-order chi connectivity index (χ1) is 12.7.